The van der Waals surface area contributed by atoms with E-state index in [0.717, 1.165) is 14.9 Å². The first-order valence-corrected chi connectivity index (χ1v) is 6.64. The van der Waals surface area contributed by atoms with E-state index in [0.29, 0.717) is 5.69 Å². The van der Waals surface area contributed by atoms with Gasteiger partial charge in [-0.2, -0.15) is 0 Å². The van der Waals surface area contributed by atoms with Gasteiger partial charge in [-0.25, -0.2) is 4.79 Å². The van der Waals surface area contributed by atoms with Crippen LogP contribution in [0.15, 0.2) is 29.2 Å². The normalized spacial score (nSPS) is 9.57. The van der Waals surface area contributed by atoms with Crippen molar-refractivity contribution in [1.29, 1.82) is 0 Å². The molecule has 0 unspecified atom stereocenters. The minimum Gasteiger partial charge on any atom is -0.453 e. The Bertz CT molecular complexity index is 305. The molecular formula is C8H8ClNO2S2. The molecule has 1 N–H and O–H groups in total. The molecule has 1 aromatic carbocycles. The van der Waals surface area contributed by atoms with E-state index >= 15 is 0 Å². The van der Waals surface area contributed by atoms with Gasteiger partial charge in [0.2, 0.25) is 0 Å². The van der Waals surface area contributed by atoms with Crippen LogP contribution in [0.3, 0.4) is 0 Å². The second kappa shape index (κ2) is 6.06. The van der Waals surface area contributed by atoms with Crippen LogP contribution in [-0.2, 0) is 4.74 Å². The molecule has 3 nitrogen and oxygen atoms in total. The first-order valence-electron chi connectivity index (χ1n) is 3.66. The van der Waals surface area contributed by atoms with E-state index in [4.69, 9.17) is 10.7 Å². The topological polar surface area (TPSA) is 38.3 Å². The molecule has 0 aromatic heterocycles. The number of ether oxygens (including phenoxy) is 1. The molecule has 0 saturated carbocycles. The Labute approximate surface area is 94.4 Å². The van der Waals surface area contributed by atoms with Crippen molar-refractivity contribution >= 4 is 43.3 Å². The number of nitrogens with one attached hydrogen (secondary N) is 1. The molecule has 0 aliphatic heterocycles. The predicted octanol–water partition coefficient (Wildman–Crippen LogP) is 3.76. The molecule has 1 amide bonds. The summed E-state index contributed by atoms with van der Waals surface area (Å²) in [4.78, 5) is 11.9. The fourth-order valence-corrected chi connectivity index (χ4v) is 2.33. The molecule has 6 heteroatoms. The Kier molecular flexibility index (Phi) is 5.00. The second-order valence-electron chi connectivity index (χ2n) is 2.29. The van der Waals surface area contributed by atoms with Crippen molar-refractivity contribution in [2.45, 2.75) is 4.90 Å². The highest BCUT2D eigenvalue weighted by Crippen LogP contribution is 2.34. The summed E-state index contributed by atoms with van der Waals surface area (Å²) in [5.74, 6) is 0. The van der Waals surface area contributed by atoms with Gasteiger partial charge in [0.25, 0.3) is 0 Å². The second-order valence-corrected chi connectivity index (χ2v) is 5.06. The van der Waals surface area contributed by atoms with E-state index in [1.165, 1.54) is 17.9 Å². The number of carbonyl (C=O) groups is 1. The molecule has 0 spiro atoms. The molecule has 0 fully saturated rings. The summed E-state index contributed by atoms with van der Waals surface area (Å²) in [6.07, 6.45) is -0.475. The summed E-state index contributed by atoms with van der Waals surface area (Å²) in [6.45, 7) is 0. The fourth-order valence-electron chi connectivity index (χ4n) is 0.799. The number of methoxy groups -OCH3 is 1. The van der Waals surface area contributed by atoms with Gasteiger partial charge in [0.05, 0.1) is 7.11 Å². The Hall–Kier alpha value is -0.520. The zero-order valence-electron chi connectivity index (χ0n) is 7.32. The number of anilines is 1. The van der Waals surface area contributed by atoms with E-state index in [-0.39, 0.29) is 0 Å². The molecule has 0 bridgehead atoms. The minimum absolute atomic E-state index is 0.475. The quantitative estimate of drug-likeness (QED) is 0.828. The molecule has 76 valence electrons. The van der Waals surface area contributed by atoms with Gasteiger partial charge in [-0.05, 0) is 45.7 Å². The Morgan fingerprint density at radius 3 is 2.57 bits per heavy atom. The molecule has 1 rings (SSSR count). The van der Waals surface area contributed by atoms with Crippen molar-refractivity contribution in [2.24, 2.45) is 0 Å². The highest BCUT2D eigenvalue weighted by molar-refractivity contribution is 8.85. The van der Waals surface area contributed by atoms with Crippen LogP contribution in [0.2, 0.25) is 0 Å². The molecule has 0 atom stereocenters. The smallest absolute Gasteiger partial charge is 0.411 e. The first kappa shape index (κ1) is 11.6. The molecule has 1 aromatic rings. The number of rotatable bonds is 3. The summed E-state index contributed by atoms with van der Waals surface area (Å²) in [5, 5.41) is 2.55. The third kappa shape index (κ3) is 3.69. The number of hydrogen-bond acceptors (Lipinski definition) is 4. The lowest BCUT2D eigenvalue weighted by molar-refractivity contribution is 0.187. The lowest BCUT2D eigenvalue weighted by atomic mass is 10.3. The van der Waals surface area contributed by atoms with Crippen molar-refractivity contribution in [1.82, 2.24) is 0 Å². The molecule has 0 aliphatic carbocycles. The van der Waals surface area contributed by atoms with Gasteiger partial charge < -0.3 is 4.74 Å². The number of halogens is 1. The van der Waals surface area contributed by atoms with Gasteiger partial charge in [0, 0.05) is 20.6 Å². The summed E-state index contributed by atoms with van der Waals surface area (Å²) < 4.78 is 4.45. The van der Waals surface area contributed by atoms with Crippen molar-refractivity contribution in [3.05, 3.63) is 24.3 Å². The third-order valence-corrected chi connectivity index (χ3v) is 3.27. The Morgan fingerprint density at radius 2 is 2.07 bits per heavy atom. The Balaban J connectivity index is 2.59. The lowest BCUT2D eigenvalue weighted by Gasteiger charge is -2.03. The van der Waals surface area contributed by atoms with Gasteiger partial charge in [-0.1, -0.05) is 0 Å². The zero-order chi connectivity index (χ0) is 10.4. The van der Waals surface area contributed by atoms with Crippen LogP contribution in [0, 0.1) is 0 Å². The highest BCUT2D eigenvalue weighted by Gasteiger charge is 2.00. The maximum absolute atomic E-state index is 10.8. The number of benzene rings is 1. The number of amides is 1. The molecule has 0 radical (unpaired) electrons. The SMILES string of the molecule is COC(=O)Nc1ccc(SSCl)cc1. The predicted molar refractivity (Wildman–Crippen MR) is 61.8 cm³/mol. The summed E-state index contributed by atoms with van der Waals surface area (Å²) in [6, 6.07) is 7.30. The van der Waals surface area contributed by atoms with E-state index in [2.05, 4.69) is 10.1 Å². The molecule has 0 aliphatic rings. The van der Waals surface area contributed by atoms with Crippen LogP contribution in [0.1, 0.15) is 0 Å². The number of carbonyl (C=O) groups excluding carboxylic acids is 1. The minimum atomic E-state index is -0.475. The third-order valence-electron chi connectivity index (χ3n) is 1.41. The van der Waals surface area contributed by atoms with Gasteiger partial charge in [-0.15, -0.1) is 0 Å². The fraction of sp³-hybridized carbons (Fsp3) is 0.125. The molecule has 14 heavy (non-hydrogen) atoms. The van der Waals surface area contributed by atoms with Crippen LogP contribution in [0.25, 0.3) is 0 Å². The van der Waals surface area contributed by atoms with Crippen LogP contribution >= 0.6 is 31.5 Å². The standard InChI is InChI=1S/C8H8ClNO2S2/c1-12-8(11)10-6-2-4-7(5-3-6)13-14-9/h2-5H,1H3,(H,10,11). The summed E-state index contributed by atoms with van der Waals surface area (Å²) in [5.41, 5.74) is 0.695. The maximum atomic E-state index is 10.8. The van der Waals surface area contributed by atoms with Crippen molar-refractivity contribution in [3.63, 3.8) is 0 Å². The van der Waals surface area contributed by atoms with E-state index in [9.17, 15) is 4.79 Å². The first-order chi connectivity index (χ1) is 6.76. The summed E-state index contributed by atoms with van der Waals surface area (Å²) in [7, 11) is 9.40. The molecule has 0 heterocycles. The van der Waals surface area contributed by atoms with Crippen LogP contribution < -0.4 is 5.32 Å². The molecule has 0 saturated heterocycles. The van der Waals surface area contributed by atoms with E-state index in [1.807, 2.05) is 12.1 Å². The molecular weight excluding hydrogens is 242 g/mol. The largest absolute Gasteiger partial charge is 0.453 e. The van der Waals surface area contributed by atoms with Gasteiger partial charge in [-0.3, -0.25) is 5.32 Å². The zero-order valence-corrected chi connectivity index (χ0v) is 9.71. The van der Waals surface area contributed by atoms with Crippen LogP contribution in [-0.4, -0.2) is 13.2 Å². The average Bonchev–Trinajstić information content (AvgIpc) is 2.21. The van der Waals surface area contributed by atoms with Gasteiger partial charge in [0.15, 0.2) is 0 Å². The van der Waals surface area contributed by atoms with E-state index in [1.54, 1.807) is 12.1 Å². The van der Waals surface area contributed by atoms with Crippen molar-refractivity contribution in [2.75, 3.05) is 12.4 Å². The Morgan fingerprint density at radius 1 is 1.43 bits per heavy atom. The van der Waals surface area contributed by atoms with E-state index < -0.39 is 6.09 Å². The number of hydrogen-bond donors (Lipinski definition) is 1. The summed E-state index contributed by atoms with van der Waals surface area (Å²) >= 11 is 0. The van der Waals surface area contributed by atoms with Crippen molar-refractivity contribution < 1.29 is 9.53 Å². The average molecular weight is 250 g/mol. The van der Waals surface area contributed by atoms with Gasteiger partial charge >= 0.3 is 6.09 Å². The van der Waals surface area contributed by atoms with Crippen LogP contribution in [0.4, 0.5) is 10.5 Å². The van der Waals surface area contributed by atoms with Crippen molar-refractivity contribution in [3.8, 4) is 0 Å². The maximum Gasteiger partial charge on any atom is 0.411 e. The van der Waals surface area contributed by atoms with Crippen LogP contribution in [0.5, 0.6) is 0 Å². The van der Waals surface area contributed by atoms with Gasteiger partial charge in [0.1, 0.15) is 0 Å². The lowest BCUT2D eigenvalue weighted by Crippen LogP contribution is -2.10. The highest BCUT2D eigenvalue weighted by atomic mass is 35.7. The monoisotopic (exact) mass is 249 g/mol.